The molecule has 1 rings (SSSR count). The molecule has 0 aromatic carbocycles. The minimum Gasteiger partial charge on any atom is -0.466 e. The summed E-state index contributed by atoms with van der Waals surface area (Å²) in [5.74, 6) is -0.742. The fraction of sp³-hybridized carbons (Fsp3) is 0.810. The predicted molar refractivity (Wildman–Crippen MR) is 105 cm³/mol. The number of ether oxygens (including phenoxy) is 4. The molecule has 0 radical (unpaired) electrons. The Morgan fingerprint density at radius 2 is 2.00 bits per heavy atom. The lowest BCUT2D eigenvalue weighted by Gasteiger charge is -2.27. The fourth-order valence-electron chi connectivity index (χ4n) is 3.42. The summed E-state index contributed by atoms with van der Waals surface area (Å²) in [5.41, 5.74) is 0.795. The number of methoxy groups -OCH3 is 2. The summed E-state index contributed by atoms with van der Waals surface area (Å²) in [4.78, 5) is 23.4. The van der Waals surface area contributed by atoms with Crippen LogP contribution in [0.25, 0.3) is 0 Å². The van der Waals surface area contributed by atoms with E-state index in [1.54, 1.807) is 14.0 Å². The van der Waals surface area contributed by atoms with Crippen molar-refractivity contribution in [3.05, 3.63) is 11.6 Å². The van der Waals surface area contributed by atoms with Crippen LogP contribution in [0.4, 0.5) is 0 Å². The van der Waals surface area contributed by atoms with Crippen LogP contribution in [0.15, 0.2) is 11.6 Å². The number of carbonyl (C=O) groups excluding carboxylic acids is 2. The van der Waals surface area contributed by atoms with E-state index in [4.69, 9.17) is 14.2 Å². The quantitative estimate of drug-likeness (QED) is 0.398. The summed E-state index contributed by atoms with van der Waals surface area (Å²) in [6.45, 7) is 3.62. The molecule has 28 heavy (non-hydrogen) atoms. The second kappa shape index (κ2) is 13.7. The molecule has 0 amide bonds. The molecule has 1 saturated heterocycles. The number of aliphatic hydroxyl groups excluding tert-OH is 1. The highest BCUT2D eigenvalue weighted by Crippen LogP contribution is 2.22. The SMILES string of the molecule is COC(=O)C=C(C)CC(CC(CO)OC(=O)CCCC1CCCC(C)O1)OC. The molecular weight excluding hydrogens is 364 g/mol. The summed E-state index contributed by atoms with van der Waals surface area (Å²) >= 11 is 0. The van der Waals surface area contributed by atoms with Crippen molar-refractivity contribution in [2.45, 2.75) is 89.6 Å². The molecular formula is C21H36O7. The average molecular weight is 401 g/mol. The maximum Gasteiger partial charge on any atom is 0.330 e. The van der Waals surface area contributed by atoms with Gasteiger partial charge < -0.3 is 24.1 Å². The van der Waals surface area contributed by atoms with E-state index >= 15 is 0 Å². The standard InChI is InChI=1S/C21H36O7/c1-15(12-21(24)26-4)11-18(25-3)13-19(14-22)28-20(23)10-6-9-17-8-5-7-16(2)27-17/h12,16-19,22H,5-11,13-14H2,1-4H3. The van der Waals surface area contributed by atoms with Gasteiger partial charge in [0, 0.05) is 26.0 Å². The number of rotatable bonds is 12. The third-order valence-corrected chi connectivity index (χ3v) is 4.94. The van der Waals surface area contributed by atoms with Crippen LogP contribution in [0.2, 0.25) is 0 Å². The Kier molecular flexibility index (Phi) is 12.0. The number of esters is 2. The molecule has 0 spiro atoms. The Bertz CT molecular complexity index is 503. The maximum atomic E-state index is 12.1. The van der Waals surface area contributed by atoms with Crippen LogP contribution in [0, 0.1) is 0 Å². The van der Waals surface area contributed by atoms with Crippen molar-refractivity contribution in [2.24, 2.45) is 0 Å². The molecule has 0 aliphatic carbocycles. The van der Waals surface area contributed by atoms with Crippen molar-refractivity contribution in [2.75, 3.05) is 20.8 Å². The molecule has 162 valence electrons. The first-order chi connectivity index (χ1) is 13.4. The molecule has 1 aliphatic rings. The minimum atomic E-state index is -0.630. The summed E-state index contributed by atoms with van der Waals surface area (Å²) in [6, 6.07) is 0. The van der Waals surface area contributed by atoms with Crippen LogP contribution < -0.4 is 0 Å². The van der Waals surface area contributed by atoms with E-state index in [0.717, 1.165) is 24.8 Å². The van der Waals surface area contributed by atoms with E-state index in [0.29, 0.717) is 31.8 Å². The van der Waals surface area contributed by atoms with E-state index in [-0.39, 0.29) is 24.8 Å². The maximum absolute atomic E-state index is 12.1. The van der Waals surface area contributed by atoms with E-state index in [9.17, 15) is 14.7 Å². The number of hydrogen-bond donors (Lipinski definition) is 1. The third kappa shape index (κ3) is 10.2. The van der Waals surface area contributed by atoms with Gasteiger partial charge in [0.1, 0.15) is 6.10 Å². The van der Waals surface area contributed by atoms with Gasteiger partial charge in [-0.3, -0.25) is 4.79 Å². The number of aliphatic hydroxyl groups is 1. The van der Waals surface area contributed by atoms with Crippen LogP contribution in [0.3, 0.4) is 0 Å². The Morgan fingerprint density at radius 3 is 2.61 bits per heavy atom. The summed E-state index contributed by atoms with van der Waals surface area (Å²) in [7, 11) is 2.87. The van der Waals surface area contributed by atoms with Gasteiger partial charge in [-0.25, -0.2) is 4.79 Å². The van der Waals surface area contributed by atoms with Gasteiger partial charge in [-0.1, -0.05) is 5.57 Å². The van der Waals surface area contributed by atoms with Gasteiger partial charge in [0.25, 0.3) is 0 Å². The molecule has 4 atom stereocenters. The zero-order valence-corrected chi connectivity index (χ0v) is 17.6. The Balaban J connectivity index is 2.37. The molecule has 0 aromatic rings. The van der Waals surface area contributed by atoms with Gasteiger partial charge >= 0.3 is 11.9 Å². The van der Waals surface area contributed by atoms with Gasteiger partial charge in [0.2, 0.25) is 0 Å². The van der Waals surface area contributed by atoms with Crippen molar-refractivity contribution < 1.29 is 33.6 Å². The molecule has 1 aliphatic heterocycles. The number of carbonyl (C=O) groups is 2. The molecule has 0 aromatic heterocycles. The molecule has 0 bridgehead atoms. The molecule has 1 heterocycles. The van der Waals surface area contributed by atoms with Gasteiger partial charge in [0.15, 0.2) is 0 Å². The Labute approximate surface area is 168 Å². The fourth-order valence-corrected chi connectivity index (χ4v) is 3.42. The largest absolute Gasteiger partial charge is 0.466 e. The van der Waals surface area contributed by atoms with Gasteiger partial charge in [-0.2, -0.15) is 0 Å². The summed E-state index contributed by atoms with van der Waals surface area (Å²) in [5, 5.41) is 9.55. The van der Waals surface area contributed by atoms with Crippen molar-refractivity contribution in [3.63, 3.8) is 0 Å². The summed E-state index contributed by atoms with van der Waals surface area (Å²) in [6.07, 6.45) is 7.06. The first-order valence-corrected chi connectivity index (χ1v) is 10.1. The first kappa shape index (κ1) is 24.6. The van der Waals surface area contributed by atoms with Crippen molar-refractivity contribution >= 4 is 11.9 Å². The van der Waals surface area contributed by atoms with Crippen molar-refractivity contribution in [3.8, 4) is 0 Å². The highest BCUT2D eigenvalue weighted by Gasteiger charge is 2.22. The van der Waals surface area contributed by atoms with Crippen molar-refractivity contribution in [1.82, 2.24) is 0 Å². The Hall–Kier alpha value is -1.44. The smallest absolute Gasteiger partial charge is 0.330 e. The second-order valence-corrected chi connectivity index (χ2v) is 7.50. The van der Waals surface area contributed by atoms with Crippen LogP contribution in [0.1, 0.15) is 65.2 Å². The molecule has 1 N–H and O–H groups in total. The molecule has 4 unspecified atom stereocenters. The minimum absolute atomic E-state index is 0.229. The van der Waals surface area contributed by atoms with Gasteiger partial charge in [-0.15, -0.1) is 0 Å². The van der Waals surface area contributed by atoms with E-state index < -0.39 is 12.1 Å². The average Bonchev–Trinajstić information content (AvgIpc) is 2.66. The molecule has 0 saturated carbocycles. The van der Waals surface area contributed by atoms with Gasteiger partial charge in [0.05, 0.1) is 32.0 Å². The highest BCUT2D eigenvalue weighted by molar-refractivity contribution is 5.82. The van der Waals surface area contributed by atoms with E-state index in [1.807, 2.05) is 0 Å². The van der Waals surface area contributed by atoms with Gasteiger partial charge in [-0.05, 0) is 52.4 Å². The first-order valence-electron chi connectivity index (χ1n) is 10.1. The zero-order valence-electron chi connectivity index (χ0n) is 17.6. The zero-order chi connectivity index (χ0) is 20.9. The van der Waals surface area contributed by atoms with Crippen LogP contribution in [0.5, 0.6) is 0 Å². The normalized spacial score (nSPS) is 22.4. The highest BCUT2D eigenvalue weighted by atomic mass is 16.6. The Morgan fingerprint density at radius 1 is 1.25 bits per heavy atom. The molecule has 7 heteroatoms. The van der Waals surface area contributed by atoms with Crippen LogP contribution in [-0.4, -0.2) is 62.3 Å². The lowest BCUT2D eigenvalue weighted by atomic mass is 10.0. The van der Waals surface area contributed by atoms with Crippen LogP contribution in [-0.2, 0) is 28.5 Å². The monoisotopic (exact) mass is 400 g/mol. The number of hydrogen-bond acceptors (Lipinski definition) is 7. The summed E-state index contributed by atoms with van der Waals surface area (Å²) < 4.78 is 21.3. The van der Waals surface area contributed by atoms with E-state index in [1.165, 1.54) is 19.6 Å². The third-order valence-electron chi connectivity index (χ3n) is 4.94. The molecule has 1 fully saturated rings. The van der Waals surface area contributed by atoms with Crippen LogP contribution >= 0.6 is 0 Å². The lowest BCUT2D eigenvalue weighted by Crippen LogP contribution is -2.28. The van der Waals surface area contributed by atoms with E-state index in [2.05, 4.69) is 11.7 Å². The lowest BCUT2D eigenvalue weighted by molar-refractivity contribution is -0.153. The molecule has 7 nitrogen and oxygen atoms in total. The van der Waals surface area contributed by atoms with Crippen molar-refractivity contribution in [1.29, 1.82) is 0 Å². The topological polar surface area (TPSA) is 91.3 Å². The second-order valence-electron chi connectivity index (χ2n) is 7.50. The predicted octanol–water partition coefficient (Wildman–Crippen LogP) is 2.93.